The van der Waals surface area contributed by atoms with E-state index in [0.29, 0.717) is 23.7 Å². The summed E-state index contributed by atoms with van der Waals surface area (Å²) in [5, 5.41) is 0. The van der Waals surface area contributed by atoms with Gasteiger partial charge in [0, 0.05) is 0 Å². The monoisotopic (exact) mass is 276 g/mol. The summed E-state index contributed by atoms with van der Waals surface area (Å²) < 4.78 is 0. The van der Waals surface area contributed by atoms with Gasteiger partial charge in [-0.25, -0.2) is 0 Å². The molecule has 0 N–H and O–H groups in total. The topological polar surface area (TPSA) is 0 Å². The lowest BCUT2D eigenvalue weighted by Crippen LogP contribution is -2.13. The molecule has 1 aliphatic rings. The number of rotatable bonds is 4. The van der Waals surface area contributed by atoms with Crippen LogP contribution in [-0.4, -0.2) is 0 Å². The van der Waals surface area contributed by atoms with Gasteiger partial charge in [0.25, 0.3) is 0 Å². The molecule has 0 spiro atoms. The number of allylic oxidation sites excluding steroid dienone is 4. The Morgan fingerprint density at radius 2 is 0.550 bits per heavy atom. The Morgan fingerprint density at radius 1 is 0.400 bits per heavy atom. The molecule has 0 atom stereocenters. The first-order chi connectivity index (χ1) is 9.25. The number of hydrogen-bond donors (Lipinski definition) is 0. The first kappa shape index (κ1) is 17.5. The lowest BCUT2D eigenvalue weighted by molar-refractivity contribution is 0.561. The Morgan fingerprint density at radius 3 is 0.650 bits per heavy atom. The molecular formula is C20H36. The molecular weight excluding hydrogens is 240 g/mol. The molecule has 0 aromatic rings. The zero-order valence-electron chi connectivity index (χ0n) is 15.1. The van der Waals surface area contributed by atoms with Gasteiger partial charge in [-0.15, -0.1) is 0 Å². The molecule has 0 heterocycles. The van der Waals surface area contributed by atoms with E-state index < -0.39 is 0 Å². The normalized spacial score (nSPS) is 25.8. The smallest absolute Gasteiger partial charge is 0.0257 e. The fraction of sp³-hybridized carbons (Fsp3) is 0.800. The van der Waals surface area contributed by atoms with Crippen LogP contribution in [0.25, 0.3) is 0 Å². The van der Waals surface area contributed by atoms with Gasteiger partial charge in [-0.2, -0.15) is 0 Å². The minimum absolute atomic E-state index is 0.710. The molecule has 0 aromatic carbocycles. The fourth-order valence-electron chi connectivity index (χ4n) is 3.82. The maximum Gasteiger partial charge on any atom is -0.0257 e. The van der Waals surface area contributed by atoms with Crippen molar-refractivity contribution in [3.05, 3.63) is 22.3 Å². The van der Waals surface area contributed by atoms with Gasteiger partial charge in [-0.3, -0.25) is 0 Å². The fourth-order valence-corrected chi connectivity index (χ4v) is 3.82. The van der Waals surface area contributed by atoms with Crippen molar-refractivity contribution in [2.24, 2.45) is 23.7 Å². The molecule has 20 heavy (non-hydrogen) atoms. The first-order valence-corrected chi connectivity index (χ1v) is 8.69. The molecule has 116 valence electrons. The molecule has 0 aliphatic heterocycles. The quantitative estimate of drug-likeness (QED) is 0.496. The minimum atomic E-state index is 0.710. The third-order valence-corrected chi connectivity index (χ3v) is 4.94. The van der Waals surface area contributed by atoms with Gasteiger partial charge in [0.1, 0.15) is 0 Å². The predicted molar refractivity (Wildman–Crippen MR) is 91.9 cm³/mol. The standard InChI is InChI=1S/C20H36/c1-13(2)17-9-10-19(15(5)6)20(16(7)8)12-11-18(17)14(3)4/h13-16H,9-12H2,1-8H3/b18-17-,20-19+. The molecule has 0 saturated heterocycles. The summed E-state index contributed by atoms with van der Waals surface area (Å²) in [4.78, 5) is 0. The molecule has 1 rings (SSSR count). The molecule has 0 amide bonds. The van der Waals surface area contributed by atoms with Gasteiger partial charge in [0.15, 0.2) is 0 Å². The summed E-state index contributed by atoms with van der Waals surface area (Å²) in [5.74, 6) is 2.84. The van der Waals surface area contributed by atoms with Gasteiger partial charge in [0.05, 0.1) is 0 Å². The molecule has 0 fully saturated rings. The highest BCUT2D eigenvalue weighted by molar-refractivity contribution is 5.27. The Hall–Kier alpha value is -0.520. The maximum atomic E-state index is 2.38. The Labute approximate surface area is 127 Å². The van der Waals surface area contributed by atoms with Crippen LogP contribution in [0.1, 0.15) is 81.1 Å². The lowest BCUT2D eigenvalue weighted by atomic mass is 9.77. The van der Waals surface area contributed by atoms with Gasteiger partial charge in [-0.1, -0.05) is 77.7 Å². The van der Waals surface area contributed by atoms with E-state index in [9.17, 15) is 0 Å². The van der Waals surface area contributed by atoms with Crippen molar-refractivity contribution in [3.63, 3.8) is 0 Å². The van der Waals surface area contributed by atoms with E-state index in [4.69, 9.17) is 0 Å². The second kappa shape index (κ2) is 7.48. The molecule has 0 unspecified atom stereocenters. The summed E-state index contributed by atoms with van der Waals surface area (Å²) in [5.41, 5.74) is 7.00. The van der Waals surface area contributed by atoms with E-state index in [1.807, 2.05) is 0 Å². The van der Waals surface area contributed by atoms with Gasteiger partial charge >= 0.3 is 0 Å². The molecule has 0 radical (unpaired) electrons. The molecule has 0 aromatic heterocycles. The van der Waals surface area contributed by atoms with Crippen LogP contribution < -0.4 is 0 Å². The van der Waals surface area contributed by atoms with Crippen molar-refractivity contribution in [2.45, 2.75) is 81.1 Å². The van der Waals surface area contributed by atoms with Crippen molar-refractivity contribution in [1.29, 1.82) is 0 Å². The van der Waals surface area contributed by atoms with Crippen molar-refractivity contribution >= 4 is 0 Å². The van der Waals surface area contributed by atoms with E-state index in [0.717, 1.165) is 0 Å². The molecule has 0 saturated carbocycles. The van der Waals surface area contributed by atoms with Crippen LogP contribution >= 0.6 is 0 Å². The Kier molecular flexibility index (Phi) is 6.55. The SMILES string of the molecule is CC(C)/C1=C(\C(C)C)CC/C(C(C)C)=C(\C(C)C)CC1. The minimum Gasteiger partial charge on any atom is -0.0679 e. The summed E-state index contributed by atoms with van der Waals surface area (Å²) in [6.45, 7) is 19.0. The van der Waals surface area contributed by atoms with E-state index in [1.54, 1.807) is 22.3 Å². The summed E-state index contributed by atoms with van der Waals surface area (Å²) in [6, 6.07) is 0. The Bertz CT molecular complexity index is 301. The molecule has 1 aliphatic carbocycles. The van der Waals surface area contributed by atoms with Crippen LogP contribution in [-0.2, 0) is 0 Å². The van der Waals surface area contributed by atoms with Crippen molar-refractivity contribution in [3.8, 4) is 0 Å². The van der Waals surface area contributed by atoms with E-state index in [2.05, 4.69) is 55.4 Å². The van der Waals surface area contributed by atoms with Crippen molar-refractivity contribution < 1.29 is 0 Å². The van der Waals surface area contributed by atoms with Crippen LogP contribution in [0.5, 0.6) is 0 Å². The zero-order chi connectivity index (χ0) is 15.4. The Balaban J connectivity index is 3.14. The number of hydrogen-bond acceptors (Lipinski definition) is 0. The highest BCUT2D eigenvalue weighted by Gasteiger charge is 2.21. The first-order valence-electron chi connectivity index (χ1n) is 8.69. The van der Waals surface area contributed by atoms with Crippen LogP contribution in [0.3, 0.4) is 0 Å². The second-order valence-corrected chi connectivity index (χ2v) is 7.72. The summed E-state index contributed by atoms with van der Waals surface area (Å²) in [7, 11) is 0. The second-order valence-electron chi connectivity index (χ2n) is 7.72. The van der Waals surface area contributed by atoms with E-state index >= 15 is 0 Å². The van der Waals surface area contributed by atoms with Gasteiger partial charge in [0.2, 0.25) is 0 Å². The summed E-state index contributed by atoms with van der Waals surface area (Å²) in [6.07, 6.45) is 5.15. The average Bonchev–Trinajstić information content (AvgIpc) is 2.26. The van der Waals surface area contributed by atoms with Crippen LogP contribution in [0.4, 0.5) is 0 Å². The van der Waals surface area contributed by atoms with Gasteiger partial charge in [-0.05, 0) is 49.4 Å². The predicted octanol–water partition coefficient (Wildman–Crippen LogP) is 6.78. The van der Waals surface area contributed by atoms with Crippen LogP contribution in [0, 0.1) is 23.7 Å². The third kappa shape index (κ3) is 4.24. The van der Waals surface area contributed by atoms with Crippen LogP contribution in [0.15, 0.2) is 22.3 Å². The van der Waals surface area contributed by atoms with Gasteiger partial charge < -0.3 is 0 Å². The molecule has 0 bridgehead atoms. The summed E-state index contributed by atoms with van der Waals surface area (Å²) >= 11 is 0. The highest BCUT2D eigenvalue weighted by atomic mass is 14.3. The van der Waals surface area contributed by atoms with Crippen molar-refractivity contribution in [2.75, 3.05) is 0 Å². The largest absolute Gasteiger partial charge is 0.0679 e. The molecule has 0 nitrogen and oxygen atoms in total. The van der Waals surface area contributed by atoms with Crippen LogP contribution in [0.2, 0.25) is 0 Å². The van der Waals surface area contributed by atoms with Crippen molar-refractivity contribution in [1.82, 2.24) is 0 Å². The third-order valence-electron chi connectivity index (χ3n) is 4.94. The average molecular weight is 277 g/mol. The molecule has 0 heteroatoms. The van der Waals surface area contributed by atoms with E-state index in [1.165, 1.54) is 25.7 Å². The lowest BCUT2D eigenvalue weighted by Gasteiger charge is -2.29. The highest BCUT2D eigenvalue weighted by Crippen LogP contribution is 2.38. The maximum absolute atomic E-state index is 2.38. The van der Waals surface area contributed by atoms with E-state index in [-0.39, 0.29) is 0 Å². The zero-order valence-corrected chi connectivity index (χ0v) is 15.1.